The molecule has 2 heteroatoms. The summed E-state index contributed by atoms with van der Waals surface area (Å²) in [5, 5.41) is 10.6. The molecular formula is C24H36O2. The molecule has 0 amide bonds. The van der Waals surface area contributed by atoms with E-state index in [9.17, 15) is 5.11 Å². The van der Waals surface area contributed by atoms with Gasteiger partial charge in [0.1, 0.15) is 5.75 Å². The fourth-order valence-electron chi connectivity index (χ4n) is 5.85. The molecule has 0 radical (unpaired) electrons. The highest BCUT2D eigenvalue weighted by atomic mass is 16.5. The monoisotopic (exact) mass is 356 g/mol. The Labute approximate surface area is 160 Å². The van der Waals surface area contributed by atoms with Gasteiger partial charge in [0.25, 0.3) is 0 Å². The number of methoxy groups -OCH3 is 1. The Kier molecular flexibility index (Phi) is 7.18. The van der Waals surface area contributed by atoms with Crippen molar-refractivity contribution in [2.24, 2.45) is 17.3 Å². The first-order chi connectivity index (χ1) is 12.6. The molecule has 2 nitrogen and oxygen atoms in total. The van der Waals surface area contributed by atoms with Gasteiger partial charge in [-0.2, -0.15) is 0 Å². The quantitative estimate of drug-likeness (QED) is 0.666. The van der Waals surface area contributed by atoms with Gasteiger partial charge in [-0.1, -0.05) is 33.3 Å². The lowest BCUT2D eigenvalue weighted by Gasteiger charge is -2.56. The SMILES string of the molecule is C#C.CC.COc1ccc2c(c1)CCC1C2CCC2(C)C(O)CCCC12. The first kappa shape index (κ1) is 20.8. The third-order valence-corrected chi connectivity index (χ3v) is 7.13. The Morgan fingerprint density at radius 2 is 1.85 bits per heavy atom. The zero-order valence-electron chi connectivity index (χ0n) is 17.0. The van der Waals surface area contributed by atoms with Crippen LogP contribution in [0.4, 0.5) is 0 Å². The minimum atomic E-state index is -0.0792. The lowest BCUT2D eigenvalue weighted by atomic mass is 9.50. The Balaban J connectivity index is 0.000000570. The van der Waals surface area contributed by atoms with Crippen LogP contribution in [0.15, 0.2) is 18.2 Å². The van der Waals surface area contributed by atoms with Crippen LogP contribution in [0.25, 0.3) is 0 Å². The molecule has 2 saturated carbocycles. The summed E-state index contributed by atoms with van der Waals surface area (Å²) in [4.78, 5) is 0. The molecule has 0 bridgehead atoms. The number of terminal acetylenes is 1. The van der Waals surface area contributed by atoms with Gasteiger partial charge in [-0.15, -0.1) is 12.8 Å². The van der Waals surface area contributed by atoms with E-state index in [1.807, 2.05) is 13.8 Å². The highest BCUT2D eigenvalue weighted by Crippen LogP contribution is 2.59. The van der Waals surface area contributed by atoms with E-state index in [-0.39, 0.29) is 11.5 Å². The summed E-state index contributed by atoms with van der Waals surface area (Å²) in [6.45, 7) is 6.36. The molecule has 26 heavy (non-hydrogen) atoms. The number of aryl methyl sites for hydroxylation is 1. The fourth-order valence-corrected chi connectivity index (χ4v) is 5.85. The molecular weight excluding hydrogens is 320 g/mol. The Bertz CT molecular complexity index is 605. The van der Waals surface area contributed by atoms with E-state index >= 15 is 0 Å². The van der Waals surface area contributed by atoms with Gasteiger partial charge in [-0.3, -0.25) is 0 Å². The number of aliphatic hydroxyl groups excluding tert-OH is 1. The largest absolute Gasteiger partial charge is 0.497 e. The molecule has 144 valence electrons. The summed E-state index contributed by atoms with van der Waals surface area (Å²) in [7, 11) is 1.75. The lowest BCUT2D eigenvalue weighted by Crippen LogP contribution is -2.51. The number of ether oxygens (including phenoxy) is 1. The zero-order chi connectivity index (χ0) is 19.3. The third kappa shape index (κ3) is 3.52. The van der Waals surface area contributed by atoms with Gasteiger partial charge in [0, 0.05) is 0 Å². The standard InChI is InChI=1S/C20H28O2.C2H6.C2H2/c1-20-11-10-16-15-9-7-14(22-2)12-13(15)6-8-17(16)18(20)4-3-5-19(20)21;2*1-2/h7,9,12,16-19,21H,3-6,8,10-11H2,1-2H3;1-2H3;1-2H. The molecule has 5 atom stereocenters. The summed E-state index contributed by atoms with van der Waals surface area (Å²) >= 11 is 0. The van der Waals surface area contributed by atoms with E-state index in [4.69, 9.17) is 4.74 Å². The Morgan fingerprint density at radius 3 is 2.54 bits per heavy atom. The van der Waals surface area contributed by atoms with E-state index < -0.39 is 0 Å². The molecule has 1 N–H and O–H groups in total. The van der Waals surface area contributed by atoms with E-state index in [2.05, 4.69) is 38.0 Å². The normalized spacial score (nSPS) is 34.4. The van der Waals surface area contributed by atoms with Crippen molar-refractivity contribution in [2.45, 2.75) is 77.7 Å². The number of benzene rings is 1. The van der Waals surface area contributed by atoms with Gasteiger partial charge >= 0.3 is 0 Å². The van der Waals surface area contributed by atoms with Crippen LogP contribution < -0.4 is 4.74 Å². The van der Waals surface area contributed by atoms with Crippen LogP contribution in [0.2, 0.25) is 0 Å². The maximum Gasteiger partial charge on any atom is 0.119 e. The number of rotatable bonds is 1. The van der Waals surface area contributed by atoms with Crippen LogP contribution in [-0.4, -0.2) is 18.3 Å². The fraction of sp³-hybridized carbons (Fsp3) is 0.667. The molecule has 0 heterocycles. The van der Waals surface area contributed by atoms with Crippen LogP contribution in [-0.2, 0) is 6.42 Å². The number of hydrogen-bond donors (Lipinski definition) is 1. The molecule has 0 saturated heterocycles. The molecule has 1 aromatic carbocycles. The van der Waals surface area contributed by atoms with E-state index in [1.165, 1.54) is 44.1 Å². The summed E-state index contributed by atoms with van der Waals surface area (Å²) < 4.78 is 5.40. The van der Waals surface area contributed by atoms with Gasteiger partial charge in [0.05, 0.1) is 13.2 Å². The second-order valence-electron chi connectivity index (χ2n) is 7.97. The van der Waals surface area contributed by atoms with Crippen molar-refractivity contribution in [3.8, 4) is 18.6 Å². The van der Waals surface area contributed by atoms with Crippen molar-refractivity contribution < 1.29 is 9.84 Å². The van der Waals surface area contributed by atoms with Gasteiger partial charge in [0.2, 0.25) is 0 Å². The van der Waals surface area contributed by atoms with Gasteiger partial charge in [0.15, 0.2) is 0 Å². The molecule has 3 aliphatic carbocycles. The maximum absolute atomic E-state index is 10.6. The Hall–Kier alpha value is -1.46. The summed E-state index contributed by atoms with van der Waals surface area (Å²) in [5.41, 5.74) is 3.24. The molecule has 3 aliphatic rings. The molecule has 4 rings (SSSR count). The highest BCUT2D eigenvalue weighted by Gasteiger charge is 2.52. The average Bonchev–Trinajstić information content (AvgIpc) is 2.71. The van der Waals surface area contributed by atoms with E-state index in [0.717, 1.165) is 18.1 Å². The number of aliphatic hydroxyl groups is 1. The van der Waals surface area contributed by atoms with Crippen LogP contribution in [0.1, 0.15) is 76.3 Å². The van der Waals surface area contributed by atoms with E-state index in [1.54, 1.807) is 12.7 Å². The first-order valence-electron chi connectivity index (χ1n) is 10.3. The van der Waals surface area contributed by atoms with E-state index in [0.29, 0.717) is 11.8 Å². The van der Waals surface area contributed by atoms with Crippen molar-refractivity contribution in [3.05, 3.63) is 29.3 Å². The van der Waals surface area contributed by atoms with Crippen molar-refractivity contribution in [3.63, 3.8) is 0 Å². The molecule has 1 aromatic rings. The third-order valence-electron chi connectivity index (χ3n) is 7.13. The second kappa shape index (κ2) is 8.96. The second-order valence-corrected chi connectivity index (χ2v) is 7.97. The van der Waals surface area contributed by atoms with Crippen LogP contribution in [0.5, 0.6) is 5.75 Å². The minimum Gasteiger partial charge on any atom is -0.497 e. The topological polar surface area (TPSA) is 29.5 Å². The molecule has 0 spiro atoms. The molecule has 5 unspecified atom stereocenters. The van der Waals surface area contributed by atoms with Gasteiger partial charge in [-0.05, 0) is 85.0 Å². The summed E-state index contributed by atoms with van der Waals surface area (Å²) in [6.07, 6.45) is 16.4. The predicted octanol–water partition coefficient (Wildman–Crippen LogP) is 5.58. The molecule has 2 fully saturated rings. The Morgan fingerprint density at radius 1 is 1.12 bits per heavy atom. The van der Waals surface area contributed by atoms with Crippen molar-refractivity contribution in [1.29, 1.82) is 0 Å². The first-order valence-corrected chi connectivity index (χ1v) is 10.3. The highest BCUT2D eigenvalue weighted by molar-refractivity contribution is 5.40. The van der Waals surface area contributed by atoms with Crippen LogP contribution in [0.3, 0.4) is 0 Å². The van der Waals surface area contributed by atoms with Crippen molar-refractivity contribution >= 4 is 0 Å². The number of hydrogen-bond acceptors (Lipinski definition) is 2. The number of fused-ring (bicyclic) bond motifs is 5. The van der Waals surface area contributed by atoms with Crippen molar-refractivity contribution in [2.75, 3.05) is 7.11 Å². The average molecular weight is 357 g/mol. The summed E-state index contributed by atoms with van der Waals surface area (Å²) in [5.74, 6) is 3.18. The smallest absolute Gasteiger partial charge is 0.119 e. The lowest BCUT2D eigenvalue weighted by molar-refractivity contribution is -0.0976. The van der Waals surface area contributed by atoms with Crippen LogP contribution >= 0.6 is 0 Å². The van der Waals surface area contributed by atoms with Gasteiger partial charge < -0.3 is 9.84 Å². The minimum absolute atomic E-state index is 0.0792. The predicted molar refractivity (Wildman–Crippen MR) is 109 cm³/mol. The molecule has 0 aliphatic heterocycles. The van der Waals surface area contributed by atoms with Gasteiger partial charge in [-0.25, -0.2) is 0 Å². The summed E-state index contributed by atoms with van der Waals surface area (Å²) in [6, 6.07) is 6.69. The zero-order valence-corrected chi connectivity index (χ0v) is 17.0. The molecule has 0 aromatic heterocycles. The van der Waals surface area contributed by atoms with Crippen LogP contribution in [0, 0.1) is 30.1 Å². The maximum atomic E-state index is 10.6. The van der Waals surface area contributed by atoms with Crippen molar-refractivity contribution in [1.82, 2.24) is 0 Å².